The van der Waals surface area contributed by atoms with Gasteiger partial charge in [0.2, 0.25) is 5.91 Å². The summed E-state index contributed by atoms with van der Waals surface area (Å²) in [5.74, 6) is -0.161. The lowest BCUT2D eigenvalue weighted by Crippen LogP contribution is -2.30. The molecule has 0 bridgehead atoms. The molecule has 2 amide bonds. The summed E-state index contributed by atoms with van der Waals surface area (Å²) in [6, 6.07) is 7.06. The number of methoxy groups -OCH3 is 1. The van der Waals surface area contributed by atoms with E-state index in [2.05, 4.69) is 22.0 Å². The van der Waals surface area contributed by atoms with E-state index in [0.29, 0.717) is 25.3 Å². The van der Waals surface area contributed by atoms with Crippen molar-refractivity contribution in [3.63, 3.8) is 0 Å². The van der Waals surface area contributed by atoms with Crippen LogP contribution < -0.4 is 16.0 Å². The van der Waals surface area contributed by atoms with Crippen LogP contribution >= 0.6 is 0 Å². The molecule has 0 saturated heterocycles. The van der Waals surface area contributed by atoms with Crippen molar-refractivity contribution in [2.45, 2.75) is 32.1 Å². The molecular weight excluding hydrogens is 330 g/mol. The molecule has 1 aliphatic carbocycles. The number of amides is 2. The molecule has 0 radical (unpaired) electrons. The number of nitrogens with one attached hydrogen (secondary N) is 3. The molecule has 0 saturated carbocycles. The summed E-state index contributed by atoms with van der Waals surface area (Å²) in [4.78, 5) is 23.8. The molecule has 0 aliphatic heterocycles. The van der Waals surface area contributed by atoms with Gasteiger partial charge in [-0.3, -0.25) is 9.59 Å². The molecule has 6 nitrogen and oxygen atoms in total. The van der Waals surface area contributed by atoms with Gasteiger partial charge >= 0.3 is 0 Å². The normalized spacial score (nSPS) is 13.7. The van der Waals surface area contributed by atoms with Crippen LogP contribution in [0.1, 0.15) is 42.5 Å². The second-order valence-corrected chi connectivity index (χ2v) is 6.39. The molecule has 3 N–H and O–H groups in total. The fraction of sp³-hybridized carbons (Fsp3) is 0.500. The van der Waals surface area contributed by atoms with Crippen LogP contribution in [-0.2, 0) is 9.53 Å². The molecule has 0 unspecified atom stereocenters. The lowest BCUT2D eigenvalue weighted by molar-refractivity contribution is -0.119. The number of carbonyl (C=O) groups excluding carboxylic acids is 2. The Bertz CT molecular complexity index is 611. The van der Waals surface area contributed by atoms with E-state index < -0.39 is 0 Å². The van der Waals surface area contributed by atoms with E-state index in [-0.39, 0.29) is 18.4 Å². The quantitative estimate of drug-likeness (QED) is 0.443. The molecule has 142 valence electrons. The van der Waals surface area contributed by atoms with Crippen LogP contribution in [0.15, 0.2) is 35.9 Å². The highest BCUT2D eigenvalue weighted by Gasteiger charge is 2.07. The summed E-state index contributed by atoms with van der Waals surface area (Å²) in [5, 5.41) is 8.78. The van der Waals surface area contributed by atoms with Crippen LogP contribution in [0.25, 0.3) is 0 Å². The average Bonchev–Trinajstić information content (AvgIpc) is 2.68. The molecule has 0 aromatic heterocycles. The van der Waals surface area contributed by atoms with Gasteiger partial charge in [-0.25, -0.2) is 0 Å². The highest BCUT2D eigenvalue weighted by atomic mass is 16.5. The summed E-state index contributed by atoms with van der Waals surface area (Å²) in [6.07, 6.45) is 8.14. The Balaban J connectivity index is 1.65. The van der Waals surface area contributed by atoms with Crippen molar-refractivity contribution >= 4 is 17.5 Å². The maximum absolute atomic E-state index is 11.9. The molecule has 2 rings (SSSR count). The maximum atomic E-state index is 11.9. The van der Waals surface area contributed by atoms with Crippen LogP contribution in [-0.4, -0.2) is 45.2 Å². The van der Waals surface area contributed by atoms with Crippen molar-refractivity contribution in [2.75, 3.05) is 38.7 Å². The topological polar surface area (TPSA) is 79.5 Å². The average molecular weight is 359 g/mol. The molecule has 0 spiro atoms. The van der Waals surface area contributed by atoms with E-state index >= 15 is 0 Å². The number of hydrogen-bond acceptors (Lipinski definition) is 4. The summed E-state index contributed by atoms with van der Waals surface area (Å²) >= 11 is 0. The predicted octanol–water partition coefficient (Wildman–Crippen LogP) is 2.48. The number of ether oxygens (including phenoxy) is 1. The summed E-state index contributed by atoms with van der Waals surface area (Å²) in [5.41, 5.74) is 2.85. The first-order valence-electron chi connectivity index (χ1n) is 9.24. The van der Waals surface area contributed by atoms with Crippen molar-refractivity contribution in [3.8, 4) is 0 Å². The van der Waals surface area contributed by atoms with E-state index in [0.717, 1.165) is 12.1 Å². The molecule has 1 aromatic carbocycles. The lowest BCUT2D eigenvalue weighted by atomic mass is 9.97. The predicted molar refractivity (Wildman–Crippen MR) is 103 cm³/mol. The van der Waals surface area contributed by atoms with E-state index in [1.165, 1.54) is 31.3 Å². The fourth-order valence-corrected chi connectivity index (χ4v) is 2.85. The molecule has 1 aromatic rings. The first-order valence-corrected chi connectivity index (χ1v) is 9.24. The number of allylic oxidation sites excluding steroid dienone is 1. The van der Waals surface area contributed by atoms with Crippen molar-refractivity contribution in [2.24, 2.45) is 0 Å². The van der Waals surface area contributed by atoms with E-state index in [1.807, 2.05) is 0 Å². The Morgan fingerprint density at radius 1 is 1.08 bits per heavy atom. The van der Waals surface area contributed by atoms with Gasteiger partial charge in [-0.2, -0.15) is 0 Å². The molecule has 0 heterocycles. The Kier molecular flexibility index (Phi) is 8.69. The van der Waals surface area contributed by atoms with Gasteiger partial charge < -0.3 is 20.7 Å². The molecular formula is C20H29N3O3. The van der Waals surface area contributed by atoms with Crippen molar-refractivity contribution < 1.29 is 14.3 Å². The first kappa shape index (κ1) is 20.0. The monoisotopic (exact) mass is 359 g/mol. The lowest BCUT2D eigenvalue weighted by Gasteiger charge is -2.13. The minimum Gasteiger partial charge on any atom is -0.383 e. The Labute approximate surface area is 155 Å². The third-order valence-electron chi connectivity index (χ3n) is 4.35. The van der Waals surface area contributed by atoms with Gasteiger partial charge in [0.25, 0.3) is 5.91 Å². The number of hydrogen-bond donors (Lipinski definition) is 3. The summed E-state index contributed by atoms with van der Waals surface area (Å²) < 4.78 is 4.90. The van der Waals surface area contributed by atoms with Crippen molar-refractivity contribution in [3.05, 3.63) is 41.5 Å². The number of anilines is 1. The fourth-order valence-electron chi connectivity index (χ4n) is 2.85. The molecule has 0 atom stereocenters. The van der Waals surface area contributed by atoms with Crippen LogP contribution in [0.3, 0.4) is 0 Å². The third kappa shape index (κ3) is 7.27. The minimum atomic E-state index is -0.136. The van der Waals surface area contributed by atoms with Crippen LogP contribution in [0.2, 0.25) is 0 Å². The van der Waals surface area contributed by atoms with E-state index in [1.54, 1.807) is 31.4 Å². The second-order valence-electron chi connectivity index (χ2n) is 6.39. The minimum absolute atomic E-state index is 0.0252. The molecule has 0 fully saturated rings. The van der Waals surface area contributed by atoms with Gasteiger partial charge in [0, 0.05) is 31.5 Å². The zero-order valence-corrected chi connectivity index (χ0v) is 15.5. The Morgan fingerprint density at radius 3 is 2.58 bits per heavy atom. The van der Waals surface area contributed by atoms with Crippen LogP contribution in [0.4, 0.5) is 5.69 Å². The number of rotatable bonds is 10. The largest absolute Gasteiger partial charge is 0.383 e. The van der Waals surface area contributed by atoms with Gasteiger partial charge in [-0.05, 0) is 56.4 Å². The number of carbonyl (C=O) groups is 2. The van der Waals surface area contributed by atoms with Gasteiger partial charge in [0.1, 0.15) is 0 Å². The highest BCUT2D eigenvalue weighted by Crippen LogP contribution is 2.19. The van der Waals surface area contributed by atoms with Crippen LogP contribution in [0, 0.1) is 0 Å². The third-order valence-corrected chi connectivity index (χ3v) is 4.35. The van der Waals surface area contributed by atoms with Crippen molar-refractivity contribution in [1.82, 2.24) is 10.6 Å². The van der Waals surface area contributed by atoms with Crippen LogP contribution in [0.5, 0.6) is 0 Å². The molecule has 6 heteroatoms. The smallest absolute Gasteiger partial charge is 0.251 e. The molecule has 1 aliphatic rings. The van der Waals surface area contributed by atoms with Gasteiger partial charge in [0.15, 0.2) is 0 Å². The summed E-state index contributed by atoms with van der Waals surface area (Å²) in [7, 11) is 1.59. The van der Waals surface area contributed by atoms with Gasteiger partial charge in [0.05, 0.1) is 13.2 Å². The zero-order chi connectivity index (χ0) is 18.6. The maximum Gasteiger partial charge on any atom is 0.251 e. The second kappa shape index (κ2) is 11.3. The zero-order valence-electron chi connectivity index (χ0n) is 15.5. The Morgan fingerprint density at radius 2 is 1.88 bits per heavy atom. The first-order chi connectivity index (χ1) is 12.7. The van der Waals surface area contributed by atoms with Gasteiger partial charge in [-0.1, -0.05) is 11.6 Å². The SMILES string of the molecule is COCCNC(=O)c1ccc(NCC(=O)NCCC2=CCCCC2)cc1. The van der Waals surface area contributed by atoms with Gasteiger partial charge in [-0.15, -0.1) is 0 Å². The van der Waals surface area contributed by atoms with E-state index in [4.69, 9.17) is 4.74 Å². The van der Waals surface area contributed by atoms with Crippen molar-refractivity contribution in [1.29, 1.82) is 0 Å². The summed E-state index contributed by atoms with van der Waals surface area (Å²) in [6.45, 7) is 1.87. The molecule has 26 heavy (non-hydrogen) atoms. The Hall–Kier alpha value is -2.34. The highest BCUT2D eigenvalue weighted by molar-refractivity contribution is 5.94. The standard InChI is InChI=1S/C20H29N3O3/c1-26-14-13-22-20(25)17-7-9-18(10-8-17)23-15-19(24)21-12-11-16-5-3-2-4-6-16/h5,7-10,23H,2-4,6,11-15H2,1H3,(H,21,24)(H,22,25). The van der Waals surface area contributed by atoms with E-state index in [9.17, 15) is 9.59 Å². The number of benzene rings is 1.